The zero-order chi connectivity index (χ0) is 18.2. The topological polar surface area (TPSA) is 84.7 Å². The predicted molar refractivity (Wildman–Crippen MR) is 99.9 cm³/mol. The van der Waals surface area contributed by atoms with Crippen LogP contribution < -0.4 is 10.7 Å². The van der Waals surface area contributed by atoms with Gasteiger partial charge in [0.15, 0.2) is 5.58 Å². The van der Waals surface area contributed by atoms with Crippen molar-refractivity contribution in [2.24, 2.45) is 0 Å². The maximum Gasteiger partial charge on any atom is 0.419 e. The Morgan fingerprint density at radius 3 is 2.78 bits per heavy atom. The molecule has 1 aliphatic rings. The summed E-state index contributed by atoms with van der Waals surface area (Å²) < 4.78 is 8.93. The van der Waals surface area contributed by atoms with Gasteiger partial charge in [0, 0.05) is 45.5 Å². The molecule has 0 N–H and O–H groups in total. The Labute approximate surface area is 154 Å². The van der Waals surface area contributed by atoms with E-state index in [0.717, 1.165) is 44.1 Å². The van der Waals surface area contributed by atoms with Gasteiger partial charge >= 0.3 is 5.76 Å². The van der Waals surface area contributed by atoms with E-state index in [4.69, 9.17) is 4.42 Å². The van der Waals surface area contributed by atoms with Crippen molar-refractivity contribution < 1.29 is 4.42 Å². The first-order valence-electron chi connectivity index (χ1n) is 9.00. The largest absolute Gasteiger partial charge is 0.419 e. The third-order valence-corrected chi connectivity index (χ3v) is 5.10. The molecule has 0 atom stereocenters. The molecule has 3 aromatic heterocycles. The standard InChI is InChI=1S/C18H19N7O2/c26-18-24(14-3-1-2-4-15(14)27-18)12-9-22-7-10-23(11-8-22)16-5-6-19-17-21-20-13-25(16)17/h1-6,13H,7-12H2. The van der Waals surface area contributed by atoms with Gasteiger partial charge in [0.1, 0.15) is 12.1 Å². The van der Waals surface area contributed by atoms with Gasteiger partial charge in [-0.3, -0.25) is 13.9 Å². The molecule has 138 valence electrons. The molecule has 1 fully saturated rings. The van der Waals surface area contributed by atoms with Crippen LogP contribution in [-0.4, -0.2) is 61.8 Å². The Kier molecular flexibility index (Phi) is 3.86. The Balaban J connectivity index is 1.25. The first-order chi connectivity index (χ1) is 13.3. The van der Waals surface area contributed by atoms with Crippen molar-refractivity contribution in [1.29, 1.82) is 0 Å². The molecule has 9 nitrogen and oxygen atoms in total. The first-order valence-corrected chi connectivity index (χ1v) is 9.00. The van der Waals surface area contributed by atoms with Crippen molar-refractivity contribution in [3.05, 3.63) is 53.4 Å². The van der Waals surface area contributed by atoms with E-state index in [1.807, 2.05) is 34.7 Å². The number of para-hydroxylation sites is 2. The number of nitrogens with zero attached hydrogens (tertiary/aromatic N) is 7. The molecular weight excluding hydrogens is 346 g/mol. The number of oxazole rings is 1. The molecule has 1 aromatic carbocycles. The van der Waals surface area contributed by atoms with Gasteiger partial charge in [0.25, 0.3) is 5.78 Å². The Bertz CT molecular complexity index is 1140. The van der Waals surface area contributed by atoms with Crippen molar-refractivity contribution in [2.45, 2.75) is 6.54 Å². The summed E-state index contributed by atoms with van der Waals surface area (Å²) in [6.07, 6.45) is 3.46. The molecule has 0 bridgehead atoms. The molecule has 0 spiro atoms. The van der Waals surface area contributed by atoms with Crippen LogP contribution in [-0.2, 0) is 6.54 Å². The summed E-state index contributed by atoms with van der Waals surface area (Å²) in [4.78, 5) is 21.0. The minimum atomic E-state index is -0.290. The highest BCUT2D eigenvalue weighted by molar-refractivity contribution is 5.72. The number of hydrogen-bond donors (Lipinski definition) is 0. The van der Waals surface area contributed by atoms with Gasteiger partial charge < -0.3 is 9.32 Å². The zero-order valence-electron chi connectivity index (χ0n) is 14.7. The van der Waals surface area contributed by atoms with Gasteiger partial charge in [0.05, 0.1) is 5.52 Å². The number of aromatic nitrogens is 5. The summed E-state index contributed by atoms with van der Waals surface area (Å²) in [7, 11) is 0. The van der Waals surface area contributed by atoms with Gasteiger partial charge in [-0.25, -0.2) is 9.78 Å². The van der Waals surface area contributed by atoms with Gasteiger partial charge in [-0.2, -0.15) is 0 Å². The summed E-state index contributed by atoms with van der Waals surface area (Å²) in [6, 6.07) is 9.54. The third kappa shape index (κ3) is 2.85. The number of fused-ring (bicyclic) bond motifs is 2. The molecule has 0 unspecified atom stereocenters. The van der Waals surface area contributed by atoms with E-state index < -0.39 is 0 Å². The second kappa shape index (κ2) is 6.51. The number of rotatable bonds is 4. The number of hydrogen-bond acceptors (Lipinski definition) is 7. The third-order valence-electron chi connectivity index (χ3n) is 5.10. The van der Waals surface area contributed by atoms with Crippen LogP contribution in [0.25, 0.3) is 16.9 Å². The van der Waals surface area contributed by atoms with E-state index in [1.54, 1.807) is 17.1 Å². The fourth-order valence-electron chi connectivity index (χ4n) is 3.65. The minimum Gasteiger partial charge on any atom is -0.408 e. The van der Waals surface area contributed by atoms with Gasteiger partial charge in [-0.15, -0.1) is 10.2 Å². The second-order valence-electron chi connectivity index (χ2n) is 6.62. The molecule has 0 saturated carbocycles. The Morgan fingerprint density at radius 1 is 1.04 bits per heavy atom. The van der Waals surface area contributed by atoms with Crippen molar-refractivity contribution in [3.63, 3.8) is 0 Å². The van der Waals surface area contributed by atoms with Crippen LogP contribution in [0.3, 0.4) is 0 Å². The molecule has 1 aliphatic heterocycles. The Hall–Kier alpha value is -3.20. The Morgan fingerprint density at radius 2 is 1.89 bits per heavy atom. The molecule has 9 heteroatoms. The molecular formula is C18H19N7O2. The summed E-state index contributed by atoms with van der Waals surface area (Å²) in [6.45, 7) is 5.10. The van der Waals surface area contributed by atoms with Crippen molar-refractivity contribution in [3.8, 4) is 0 Å². The van der Waals surface area contributed by atoms with Gasteiger partial charge in [0.2, 0.25) is 0 Å². The molecule has 0 radical (unpaired) electrons. The maximum absolute atomic E-state index is 12.1. The van der Waals surface area contributed by atoms with Crippen LogP contribution in [0.2, 0.25) is 0 Å². The SMILES string of the molecule is O=c1oc2ccccc2n1CCN1CCN(c2ccnc3nncn23)CC1. The zero-order valence-corrected chi connectivity index (χ0v) is 14.7. The summed E-state index contributed by atoms with van der Waals surface area (Å²) in [5.41, 5.74) is 1.50. The highest BCUT2D eigenvalue weighted by Crippen LogP contribution is 2.17. The number of piperazine rings is 1. The van der Waals surface area contributed by atoms with E-state index in [2.05, 4.69) is 25.0 Å². The lowest BCUT2D eigenvalue weighted by atomic mass is 10.3. The maximum atomic E-state index is 12.1. The molecule has 1 saturated heterocycles. The van der Waals surface area contributed by atoms with Crippen LogP contribution in [0.15, 0.2) is 52.1 Å². The monoisotopic (exact) mass is 365 g/mol. The van der Waals surface area contributed by atoms with E-state index in [0.29, 0.717) is 17.9 Å². The highest BCUT2D eigenvalue weighted by Gasteiger charge is 2.20. The van der Waals surface area contributed by atoms with Crippen molar-refractivity contribution in [1.82, 2.24) is 29.0 Å². The second-order valence-corrected chi connectivity index (χ2v) is 6.62. The molecule has 0 amide bonds. The number of benzene rings is 1. The van der Waals surface area contributed by atoms with Crippen LogP contribution >= 0.6 is 0 Å². The average molecular weight is 365 g/mol. The molecule has 5 rings (SSSR count). The minimum absolute atomic E-state index is 0.290. The van der Waals surface area contributed by atoms with Crippen LogP contribution in [0, 0.1) is 0 Å². The lowest BCUT2D eigenvalue weighted by Crippen LogP contribution is -2.48. The summed E-state index contributed by atoms with van der Waals surface area (Å²) in [5, 5.41) is 7.94. The highest BCUT2D eigenvalue weighted by atomic mass is 16.4. The van der Waals surface area contributed by atoms with E-state index in [-0.39, 0.29) is 5.76 Å². The predicted octanol–water partition coefficient (Wildman–Crippen LogP) is 0.854. The van der Waals surface area contributed by atoms with Crippen LogP contribution in [0.1, 0.15) is 0 Å². The van der Waals surface area contributed by atoms with Crippen LogP contribution in [0.4, 0.5) is 5.82 Å². The fourth-order valence-corrected chi connectivity index (χ4v) is 3.65. The van der Waals surface area contributed by atoms with Crippen molar-refractivity contribution >= 4 is 22.7 Å². The quantitative estimate of drug-likeness (QED) is 0.530. The van der Waals surface area contributed by atoms with Gasteiger partial charge in [-0.1, -0.05) is 12.1 Å². The van der Waals surface area contributed by atoms with E-state index in [9.17, 15) is 4.79 Å². The smallest absolute Gasteiger partial charge is 0.408 e. The van der Waals surface area contributed by atoms with Crippen molar-refractivity contribution in [2.75, 3.05) is 37.6 Å². The molecule has 4 aromatic rings. The average Bonchev–Trinajstić information content (AvgIpc) is 3.30. The lowest BCUT2D eigenvalue weighted by Gasteiger charge is -2.36. The van der Waals surface area contributed by atoms with Gasteiger partial charge in [-0.05, 0) is 18.2 Å². The molecule has 4 heterocycles. The lowest BCUT2D eigenvalue weighted by molar-refractivity contribution is 0.246. The summed E-state index contributed by atoms with van der Waals surface area (Å²) in [5.74, 6) is 1.38. The normalized spacial score (nSPS) is 15.8. The fraction of sp³-hybridized carbons (Fsp3) is 0.333. The molecule has 0 aliphatic carbocycles. The number of anilines is 1. The molecule has 27 heavy (non-hydrogen) atoms. The van der Waals surface area contributed by atoms with E-state index >= 15 is 0 Å². The van der Waals surface area contributed by atoms with E-state index in [1.165, 1.54) is 0 Å². The summed E-state index contributed by atoms with van der Waals surface area (Å²) >= 11 is 0. The van der Waals surface area contributed by atoms with Crippen LogP contribution in [0.5, 0.6) is 0 Å². The first kappa shape index (κ1) is 16.0.